The monoisotopic (exact) mass is 565 g/mol. The summed E-state index contributed by atoms with van der Waals surface area (Å²) in [6.45, 7) is 1.80. The molecule has 0 fully saturated rings. The van der Waals surface area contributed by atoms with Gasteiger partial charge in [0, 0.05) is 29.7 Å². The largest absolute Gasteiger partial charge is 0.487 e. The molecule has 4 rings (SSSR count). The molecule has 10 nitrogen and oxygen atoms in total. The number of anilines is 3. The molecule has 0 saturated heterocycles. The molecule has 3 aromatic carbocycles. The Balaban J connectivity index is 1.39. The van der Waals surface area contributed by atoms with Crippen molar-refractivity contribution in [1.82, 2.24) is 15.3 Å². The molecule has 0 radical (unpaired) electrons. The maximum atomic E-state index is 13.4. The minimum absolute atomic E-state index is 0.0321. The van der Waals surface area contributed by atoms with Gasteiger partial charge in [-0.15, -0.1) is 0 Å². The summed E-state index contributed by atoms with van der Waals surface area (Å²) in [7, 11) is 0. The first-order chi connectivity index (χ1) is 19.3. The molecule has 0 spiro atoms. The van der Waals surface area contributed by atoms with E-state index in [9.17, 15) is 18.8 Å². The lowest BCUT2D eigenvalue weighted by Crippen LogP contribution is -2.34. The summed E-state index contributed by atoms with van der Waals surface area (Å²) in [6, 6.07) is 16.4. The number of fused-ring (bicyclic) bond motifs is 1. The highest BCUT2D eigenvalue weighted by Crippen LogP contribution is 2.31. The van der Waals surface area contributed by atoms with Gasteiger partial charge in [-0.05, 0) is 61.0 Å². The van der Waals surface area contributed by atoms with Crippen LogP contribution >= 0.6 is 11.6 Å². The SMILES string of the molecule is CCOC(=O)C(=O)NCCC(=O)Nc1ccc2ncnc(Nc3ccc(OCc4cccc(F)c4)c(Cl)c3)c2c1. The first-order valence-electron chi connectivity index (χ1n) is 12.3. The van der Waals surface area contributed by atoms with E-state index < -0.39 is 11.9 Å². The van der Waals surface area contributed by atoms with Gasteiger partial charge in [0.15, 0.2) is 0 Å². The topological polar surface area (TPSA) is 132 Å². The molecular weight excluding hydrogens is 541 g/mol. The van der Waals surface area contributed by atoms with Crippen LogP contribution in [0.1, 0.15) is 18.9 Å². The van der Waals surface area contributed by atoms with E-state index >= 15 is 0 Å². The molecule has 0 aliphatic carbocycles. The van der Waals surface area contributed by atoms with E-state index in [0.717, 1.165) is 0 Å². The zero-order chi connectivity index (χ0) is 28.5. The fourth-order valence-corrected chi connectivity index (χ4v) is 3.87. The number of hydrogen-bond acceptors (Lipinski definition) is 8. The van der Waals surface area contributed by atoms with E-state index in [4.69, 9.17) is 16.3 Å². The van der Waals surface area contributed by atoms with E-state index in [0.29, 0.717) is 44.4 Å². The maximum absolute atomic E-state index is 13.4. The second-order valence-corrected chi connectivity index (χ2v) is 8.82. The lowest BCUT2D eigenvalue weighted by atomic mass is 10.2. The number of carbonyl (C=O) groups excluding carboxylic acids is 3. The molecule has 0 bridgehead atoms. The average molecular weight is 566 g/mol. The van der Waals surface area contributed by atoms with Crippen LogP contribution in [0.15, 0.2) is 67.0 Å². The number of hydrogen-bond donors (Lipinski definition) is 3. The highest BCUT2D eigenvalue weighted by Gasteiger charge is 2.15. The Morgan fingerprint density at radius 1 is 1.00 bits per heavy atom. The number of ether oxygens (including phenoxy) is 2. The van der Waals surface area contributed by atoms with Gasteiger partial charge in [-0.3, -0.25) is 9.59 Å². The van der Waals surface area contributed by atoms with Gasteiger partial charge in [-0.2, -0.15) is 0 Å². The van der Waals surface area contributed by atoms with E-state index in [1.54, 1.807) is 55.5 Å². The molecule has 0 aliphatic rings. The van der Waals surface area contributed by atoms with Crippen LogP contribution in [0.5, 0.6) is 5.75 Å². The second-order valence-electron chi connectivity index (χ2n) is 8.42. The van der Waals surface area contributed by atoms with Crippen LogP contribution < -0.4 is 20.7 Å². The minimum atomic E-state index is -0.996. The lowest BCUT2D eigenvalue weighted by Gasteiger charge is -2.13. The fraction of sp³-hybridized carbons (Fsp3) is 0.179. The van der Waals surface area contributed by atoms with Gasteiger partial charge in [-0.1, -0.05) is 23.7 Å². The fourth-order valence-electron chi connectivity index (χ4n) is 3.64. The molecule has 3 N–H and O–H groups in total. The number of nitrogens with zero attached hydrogens (tertiary/aromatic N) is 2. The molecule has 40 heavy (non-hydrogen) atoms. The number of carbonyl (C=O) groups is 3. The highest BCUT2D eigenvalue weighted by molar-refractivity contribution is 6.32. The van der Waals surface area contributed by atoms with Crippen LogP contribution in [0.4, 0.5) is 21.6 Å². The molecule has 206 valence electrons. The molecule has 0 saturated carbocycles. The normalized spacial score (nSPS) is 10.6. The predicted octanol–water partition coefficient (Wildman–Crippen LogP) is 4.75. The Morgan fingerprint density at radius 2 is 1.82 bits per heavy atom. The van der Waals surface area contributed by atoms with Crippen LogP contribution in [0.25, 0.3) is 10.9 Å². The van der Waals surface area contributed by atoms with E-state index in [2.05, 4.69) is 30.7 Å². The van der Waals surface area contributed by atoms with Crippen molar-refractivity contribution in [2.45, 2.75) is 20.0 Å². The second kappa shape index (κ2) is 13.3. The van der Waals surface area contributed by atoms with Crippen LogP contribution in [0.2, 0.25) is 5.02 Å². The van der Waals surface area contributed by atoms with Crippen molar-refractivity contribution in [2.24, 2.45) is 0 Å². The summed E-state index contributed by atoms with van der Waals surface area (Å²) in [5.41, 5.74) is 2.44. The first kappa shape index (κ1) is 28.2. The third kappa shape index (κ3) is 7.64. The molecule has 2 amide bonds. The van der Waals surface area contributed by atoms with E-state index in [-0.39, 0.29) is 37.9 Å². The number of nitrogens with one attached hydrogen (secondary N) is 3. The van der Waals surface area contributed by atoms with Crippen molar-refractivity contribution in [3.8, 4) is 5.75 Å². The molecular formula is C28H25ClFN5O5. The average Bonchev–Trinajstić information content (AvgIpc) is 2.93. The van der Waals surface area contributed by atoms with Gasteiger partial charge in [0.1, 0.15) is 30.3 Å². The van der Waals surface area contributed by atoms with Crippen molar-refractivity contribution < 1.29 is 28.2 Å². The van der Waals surface area contributed by atoms with Gasteiger partial charge in [-0.25, -0.2) is 19.2 Å². The predicted molar refractivity (Wildman–Crippen MR) is 148 cm³/mol. The molecule has 0 atom stereocenters. The van der Waals surface area contributed by atoms with Gasteiger partial charge >= 0.3 is 11.9 Å². The number of esters is 1. The molecule has 0 unspecified atom stereocenters. The van der Waals surface area contributed by atoms with Crippen molar-refractivity contribution in [2.75, 3.05) is 23.8 Å². The van der Waals surface area contributed by atoms with Gasteiger partial charge < -0.3 is 25.4 Å². The molecule has 1 heterocycles. The zero-order valence-corrected chi connectivity index (χ0v) is 22.1. The Morgan fingerprint density at radius 3 is 2.60 bits per heavy atom. The molecule has 1 aromatic heterocycles. The minimum Gasteiger partial charge on any atom is -0.487 e. The van der Waals surface area contributed by atoms with Crippen LogP contribution in [-0.4, -0.2) is 40.9 Å². The summed E-state index contributed by atoms with van der Waals surface area (Å²) >= 11 is 6.42. The number of benzene rings is 3. The number of aromatic nitrogens is 2. The Bertz CT molecular complexity index is 1550. The summed E-state index contributed by atoms with van der Waals surface area (Å²) < 4.78 is 23.7. The first-order valence-corrected chi connectivity index (χ1v) is 12.6. The van der Waals surface area contributed by atoms with Crippen LogP contribution in [0.3, 0.4) is 0 Å². The molecule has 0 aliphatic heterocycles. The Hall–Kier alpha value is -4.77. The van der Waals surface area contributed by atoms with Crippen molar-refractivity contribution in [1.29, 1.82) is 0 Å². The van der Waals surface area contributed by atoms with Gasteiger partial charge in [0.25, 0.3) is 0 Å². The van der Waals surface area contributed by atoms with E-state index in [1.807, 2.05) is 0 Å². The maximum Gasteiger partial charge on any atom is 0.396 e. The third-order valence-electron chi connectivity index (χ3n) is 5.50. The van der Waals surface area contributed by atoms with Crippen LogP contribution in [-0.2, 0) is 25.7 Å². The Labute approximate surface area is 233 Å². The number of halogens is 2. The van der Waals surface area contributed by atoms with Crippen LogP contribution in [0, 0.1) is 5.82 Å². The Kier molecular flexibility index (Phi) is 9.42. The molecule has 4 aromatic rings. The number of amides is 2. The zero-order valence-electron chi connectivity index (χ0n) is 21.4. The summed E-state index contributed by atoms with van der Waals surface area (Å²) in [5.74, 6) is -1.69. The molecule has 12 heteroatoms. The van der Waals surface area contributed by atoms with Crippen molar-refractivity contribution in [3.63, 3.8) is 0 Å². The van der Waals surface area contributed by atoms with Crippen molar-refractivity contribution in [3.05, 3.63) is 83.4 Å². The summed E-state index contributed by atoms with van der Waals surface area (Å²) in [4.78, 5) is 43.9. The quantitative estimate of drug-likeness (QED) is 0.185. The lowest BCUT2D eigenvalue weighted by molar-refractivity contribution is -0.154. The smallest absolute Gasteiger partial charge is 0.396 e. The van der Waals surface area contributed by atoms with Crippen molar-refractivity contribution >= 4 is 57.5 Å². The highest BCUT2D eigenvalue weighted by atomic mass is 35.5. The third-order valence-corrected chi connectivity index (χ3v) is 5.79. The van der Waals surface area contributed by atoms with Gasteiger partial charge in [0.2, 0.25) is 5.91 Å². The van der Waals surface area contributed by atoms with Gasteiger partial charge in [0.05, 0.1) is 17.1 Å². The summed E-state index contributed by atoms with van der Waals surface area (Å²) in [5, 5.41) is 9.27. The van der Waals surface area contributed by atoms with E-state index in [1.165, 1.54) is 18.5 Å². The summed E-state index contributed by atoms with van der Waals surface area (Å²) in [6.07, 6.45) is 1.36. The standard InChI is InChI=1S/C28H25ClFN5O5/c1-2-39-28(38)27(37)31-11-10-25(36)34-19-6-8-23-21(13-19)26(33-16-32-23)35-20-7-9-24(22(29)14-20)40-15-17-4-3-5-18(30)12-17/h3-9,12-14,16H,2,10-11,15H2,1H3,(H,31,37)(H,34,36)(H,32,33,35). The number of rotatable bonds is 10.